The Balaban J connectivity index is 1.45. The molecule has 4 nitrogen and oxygen atoms in total. The van der Waals surface area contributed by atoms with E-state index >= 15 is 0 Å². The maximum atomic E-state index is 5.66. The lowest BCUT2D eigenvalue weighted by Crippen LogP contribution is -2.46. The number of nitrogens with zero attached hydrogens (tertiary/aromatic N) is 2. The standard InChI is InChI=1S/C17H29N3O/c1-14(2)12-19-6-8-20(9-7-19)13-15-5-10-21-17(15)11-18-16-3-4-16/h5,10,14,16,18H,3-4,6-9,11-13H2,1-2H3. The van der Waals surface area contributed by atoms with Crippen LogP contribution >= 0.6 is 0 Å². The van der Waals surface area contributed by atoms with E-state index < -0.39 is 0 Å². The third kappa shape index (κ3) is 4.56. The van der Waals surface area contributed by atoms with Crippen LogP contribution in [0.15, 0.2) is 16.7 Å². The van der Waals surface area contributed by atoms with Crippen LogP contribution in [0.2, 0.25) is 0 Å². The fourth-order valence-corrected chi connectivity index (χ4v) is 3.07. The van der Waals surface area contributed by atoms with E-state index in [1.165, 1.54) is 51.1 Å². The van der Waals surface area contributed by atoms with Gasteiger partial charge in [0.1, 0.15) is 5.76 Å². The molecule has 0 unspecified atom stereocenters. The van der Waals surface area contributed by atoms with Gasteiger partial charge in [0.15, 0.2) is 0 Å². The van der Waals surface area contributed by atoms with Crippen molar-refractivity contribution in [1.82, 2.24) is 15.1 Å². The lowest BCUT2D eigenvalue weighted by Gasteiger charge is -2.35. The maximum Gasteiger partial charge on any atom is 0.122 e. The Hall–Kier alpha value is -0.840. The van der Waals surface area contributed by atoms with Crippen molar-refractivity contribution in [1.29, 1.82) is 0 Å². The molecule has 2 heterocycles. The summed E-state index contributed by atoms with van der Waals surface area (Å²) in [5.74, 6) is 1.90. The number of nitrogens with one attached hydrogen (secondary N) is 1. The molecule has 21 heavy (non-hydrogen) atoms. The van der Waals surface area contributed by atoms with Gasteiger partial charge >= 0.3 is 0 Å². The van der Waals surface area contributed by atoms with Gasteiger partial charge in [0.2, 0.25) is 0 Å². The number of hydrogen-bond donors (Lipinski definition) is 1. The number of hydrogen-bond acceptors (Lipinski definition) is 4. The zero-order valence-corrected chi connectivity index (χ0v) is 13.5. The quantitative estimate of drug-likeness (QED) is 0.835. The molecule has 1 saturated carbocycles. The molecule has 118 valence electrons. The van der Waals surface area contributed by atoms with Crippen LogP contribution in [-0.4, -0.2) is 48.6 Å². The average Bonchev–Trinajstić information content (AvgIpc) is 3.18. The smallest absolute Gasteiger partial charge is 0.122 e. The van der Waals surface area contributed by atoms with Crippen LogP contribution in [0.4, 0.5) is 0 Å². The molecule has 0 spiro atoms. The molecule has 0 bridgehead atoms. The summed E-state index contributed by atoms with van der Waals surface area (Å²) < 4.78 is 5.66. The predicted molar refractivity (Wildman–Crippen MR) is 85.1 cm³/mol. The highest BCUT2D eigenvalue weighted by atomic mass is 16.3. The first-order valence-corrected chi connectivity index (χ1v) is 8.44. The molecule has 1 N–H and O–H groups in total. The third-order valence-corrected chi connectivity index (χ3v) is 4.45. The molecule has 4 heteroatoms. The fraction of sp³-hybridized carbons (Fsp3) is 0.765. The van der Waals surface area contributed by atoms with Gasteiger partial charge in [0.05, 0.1) is 12.8 Å². The molecule has 0 aromatic carbocycles. The first-order valence-electron chi connectivity index (χ1n) is 8.44. The molecule has 0 atom stereocenters. The Morgan fingerprint density at radius 2 is 1.90 bits per heavy atom. The molecule has 3 rings (SSSR count). The van der Waals surface area contributed by atoms with Gasteiger partial charge in [0, 0.05) is 50.9 Å². The van der Waals surface area contributed by atoms with Crippen LogP contribution in [0.25, 0.3) is 0 Å². The Labute approximate surface area is 128 Å². The van der Waals surface area contributed by atoms with Gasteiger partial charge in [-0.05, 0) is 24.8 Å². The highest BCUT2D eigenvalue weighted by Gasteiger charge is 2.22. The lowest BCUT2D eigenvalue weighted by molar-refractivity contribution is 0.117. The van der Waals surface area contributed by atoms with Gasteiger partial charge < -0.3 is 14.6 Å². The van der Waals surface area contributed by atoms with Crippen LogP contribution in [0.3, 0.4) is 0 Å². The van der Waals surface area contributed by atoms with E-state index in [0.29, 0.717) is 0 Å². The summed E-state index contributed by atoms with van der Waals surface area (Å²) in [6.07, 6.45) is 4.50. The van der Waals surface area contributed by atoms with Crippen molar-refractivity contribution in [2.45, 2.75) is 45.8 Å². The largest absolute Gasteiger partial charge is 0.468 e. The highest BCUT2D eigenvalue weighted by molar-refractivity contribution is 5.17. The average molecular weight is 291 g/mol. The van der Waals surface area contributed by atoms with Gasteiger partial charge in [-0.15, -0.1) is 0 Å². The van der Waals surface area contributed by atoms with Gasteiger partial charge in [-0.1, -0.05) is 13.8 Å². The second-order valence-corrected chi connectivity index (χ2v) is 6.99. The van der Waals surface area contributed by atoms with E-state index in [0.717, 1.165) is 30.8 Å². The van der Waals surface area contributed by atoms with Crippen LogP contribution in [-0.2, 0) is 13.1 Å². The van der Waals surface area contributed by atoms with Crippen molar-refractivity contribution >= 4 is 0 Å². The molecule has 1 aromatic heterocycles. The normalized spacial score (nSPS) is 21.3. The molecular formula is C17H29N3O. The highest BCUT2D eigenvalue weighted by Crippen LogP contribution is 2.21. The van der Waals surface area contributed by atoms with Crippen molar-refractivity contribution in [2.24, 2.45) is 5.92 Å². The van der Waals surface area contributed by atoms with Gasteiger partial charge in [0.25, 0.3) is 0 Å². The minimum atomic E-state index is 0.738. The van der Waals surface area contributed by atoms with Gasteiger partial charge in [-0.2, -0.15) is 0 Å². The zero-order chi connectivity index (χ0) is 14.7. The molecule has 2 fully saturated rings. The topological polar surface area (TPSA) is 31.6 Å². The van der Waals surface area contributed by atoms with Crippen LogP contribution in [0, 0.1) is 5.92 Å². The number of rotatable bonds is 7. The number of furan rings is 1. The molecule has 1 aromatic rings. The summed E-state index contributed by atoms with van der Waals surface area (Å²) in [5.41, 5.74) is 1.36. The Morgan fingerprint density at radius 3 is 2.57 bits per heavy atom. The summed E-state index contributed by atoms with van der Waals surface area (Å²) in [5, 5.41) is 3.54. The van der Waals surface area contributed by atoms with Crippen LogP contribution in [0.1, 0.15) is 38.0 Å². The van der Waals surface area contributed by atoms with E-state index in [1.54, 1.807) is 0 Å². The first-order chi connectivity index (χ1) is 10.2. The minimum absolute atomic E-state index is 0.738. The minimum Gasteiger partial charge on any atom is -0.468 e. The summed E-state index contributed by atoms with van der Waals surface area (Å²) in [6.45, 7) is 12.5. The van der Waals surface area contributed by atoms with Crippen molar-refractivity contribution in [3.8, 4) is 0 Å². The second kappa shape index (κ2) is 6.95. The molecular weight excluding hydrogens is 262 g/mol. The Bertz CT molecular complexity index is 431. The van der Waals surface area contributed by atoms with Crippen molar-refractivity contribution in [2.75, 3.05) is 32.7 Å². The molecule has 2 aliphatic rings. The summed E-state index contributed by atoms with van der Waals surface area (Å²) >= 11 is 0. The van der Waals surface area contributed by atoms with Gasteiger partial charge in [-0.25, -0.2) is 0 Å². The first kappa shape index (κ1) is 15.1. The monoisotopic (exact) mass is 291 g/mol. The molecule has 1 aliphatic carbocycles. The fourth-order valence-electron chi connectivity index (χ4n) is 3.07. The van der Waals surface area contributed by atoms with Crippen molar-refractivity contribution in [3.63, 3.8) is 0 Å². The predicted octanol–water partition coefficient (Wildman–Crippen LogP) is 2.31. The van der Waals surface area contributed by atoms with Crippen LogP contribution in [0.5, 0.6) is 0 Å². The summed E-state index contributed by atoms with van der Waals surface area (Å²) in [7, 11) is 0. The third-order valence-electron chi connectivity index (χ3n) is 4.45. The zero-order valence-electron chi connectivity index (χ0n) is 13.5. The molecule has 1 aliphatic heterocycles. The van der Waals surface area contributed by atoms with E-state index in [9.17, 15) is 0 Å². The SMILES string of the molecule is CC(C)CN1CCN(Cc2ccoc2CNC2CC2)CC1. The molecule has 0 amide bonds. The Kier molecular flexibility index (Phi) is 4.99. The van der Waals surface area contributed by atoms with E-state index in [2.05, 4.69) is 35.0 Å². The van der Waals surface area contributed by atoms with E-state index in [4.69, 9.17) is 4.42 Å². The molecule has 1 saturated heterocycles. The van der Waals surface area contributed by atoms with Gasteiger partial charge in [-0.3, -0.25) is 4.90 Å². The Morgan fingerprint density at radius 1 is 1.19 bits per heavy atom. The van der Waals surface area contributed by atoms with Crippen LogP contribution < -0.4 is 5.32 Å². The van der Waals surface area contributed by atoms with Crippen molar-refractivity contribution < 1.29 is 4.42 Å². The van der Waals surface area contributed by atoms with E-state index in [1.807, 2.05) is 6.26 Å². The molecule has 0 radical (unpaired) electrons. The summed E-state index contributed by atoms with van der Waals surface area (Å²) in [6, 6.07) is 2.88. The lowest BCUT2D eigenvalue weighted by atomic mass is 10.1. The van der Waals surface area contributed by atoms with Crippen molar-refractivity contribution in [3.05, 3.63) is 23.7 Å². The summed E-state index contributed by atoms with van der Waals surface area (Å²) in [4.78, 5) is 5.15. The number of piperazine rings is 1. The maximum absolute atomic E-state index is 5.66. The van der Waals surface area contributed by atoms with E-state index in [-0.39, 0.29) is 0 Å². The second-order valence-electron chi connectivity index (χ2n) is 6.99.